The summed E-state index contributed by atoms with van der Waals surface area (Å²) in [4.78, 5) is 24.5. The van der Waals surface area contributed by atoms with Crippen LogP contribution in [0, 0.1) is 0 Å². The maximum atomic E-state index is 12.3. The quantitative estimate of drug-likeness (QED) is 0.0374. The average Bonchev–Trinajstić information content (AvgIpc) is 3.34. The molecule has 0 saturated carbocycles. The molecule has 0 aliphatic heterocycles. The van der Waals surface area contributed by atoms with Crippen LogP contribution in [0.25, 0.3) is 0 Å². The molecule has 0 aliphatic carbocycles. The van der Waals surface area contributed by atoms with E-state index in [1.807, 2.05) is 0 Å². The molecule has 0 aromatic carbocycles. The van der Waals surface area contributed by atoms with Gasteiger partial charge in [0.25, 0.3) is 0 Å². The van der Waals surface area contributed by atoms with Gasteiger partial charge in [0, 0.05) is 12.8 Å². The van der Waals surface area contributed by atoms with Crippen LogP contribution in [-0.2, 0) is 19.1 Å². The molecule has 68 heavy (non-hydrogen) atoms. The zero-order valence-corrected chi connectivity index (χ0v) is 44.9. The highest BCUT2D eigenvalue weighted by Gasteiger charge is 2.16. The zero-order valence-electron chi connectivity index (χ0n) is 44.9. The van der Waals surface area contributed by atoms with Crippen molar-refractivity contribution >= 4 is 11.9 Å². The molecule has 0 amide bonds. The van der Waals surface area contributed by atoms with E-state index in [1.165, 1.54) is 167 Å². The van der Waals surface area contributed by atoms with Gasteiger partial charge >= 0.3 is 11.9 Å². The van der Waals surface area contributed by atoms with E-state index < -0.39 is 6.10 Å². The van der Waals surface area contributed by atoms with Crippen molar-refractivity contribution in [1.82, 2.24) is 0 Å². The number of ether oxygens (including phenoxy) is 2. The molecule has 1 atom stereocenters. The van der Waals surface area contributed by atoms with E-state index in [0.29, 0.717) is 12.8 Å². The molecule has 0 aromatic heterocycles. The summed E-state index contributed by atoms with van der Waals surface area (Å²) in [5.41, 5.74) is 0. The molecule has 1 unspecified atom stereocenters. The van der Waals surface area contributed by atoms with Crippen molar-refractivity contribution in [2.45, 2.75) is 290 Å². The minimum absolute atomic E-state index is 0.0708. The molecule has 0 saturated heterocycles. The first-order valence-electron chi connectivity index (χ1n) is 29.1. The van der Waals surface area contributed by atoms with Crippen LogP contribution in [0.15, 0.2) is 85.1 Å². The normalized spacial score (nSPS) is 12.8. The standard InChI is InChI=1S/C63H110O5/c1-3-5-7-9-11-13-15-17-19-21-22-23-24-25-26-27-28-29-30-31-32-33-34-35-36-37-38-39-40-42-44-46-48-50-52-54-56-58-63(66)68-61(59-64)60-67-62(65)57-55-53-51-49-47-45-43-41-20-18-16-14-12-10-8-6-4-2/h5-8,11-14,17-20,22-23,61,64H,3-4,9-10,15-16,21,24-60H2,1-2H3/b7-5-,8-6-,13-11-,14-12-,19-17-,20-18-,23-22-. The minimum atomic E-state index is -0.778. The lowest BCUT2D eigenvalue weighted by atomic mass is 10.0. The maximum Gasteiger partial charge on any atom is 0.306 e. The number of aliphatic hydroxyl groups excluding tert-OH is 1. The van der Waals surface area contributed by atoms with Crippen molar-refractivity contribution in [2.24, 2.45) is 0 Å². The summed E-state index contributed by atoms with van der Waals surface area (Å²) in [6.45, 7) is 3.93. The van der Waals surface area contributed by atoms with Gasteiger partial charge in [-0.25, -0.2) is 0 Å². The third kappa shape index (κ3) is 55.7. The number of allylic oxidation sites excluding steroid dienone is 14. The Bertz CT molecular complexity index is 1250. The molecule has 1 N–H and O–H groups in total. The molecular weight excluding hydrogens is 837 g/mol. The minimum Gasteiger partial charge on any atom is -0.462 e. The van der Waals surface area contributed by atoms with E-state index >= 15 is 0 Å². The number of carbonyl (C=O) groups excluding carboxylic acids is 2. The van der Waals surface area contributed by atoms with E-state index in [0.717, 1.165) is 89.9 Å². The Morgan fingerprint density at radius 3 is 0.882 bits per heavy atom. The molecular formula is C63H110O5. The molecule has 392 valence electrons. The number of unbranched alkanes of at least 4 members (excludes halogenated alkanes) is 31. The summed E-state index contributed by atoms with van der Waals surface area (Å²) >= 11 is 0. The van der Waals surface area contributed by atoms with Gasteiger partial charge < -0.3 is 14.6 Å². The fourth-order valence-electron chi connectivity index (χ4n) is 8.39. The van der Waals surface area contributed by atoms with Gasteiger partial charge in [0.05, 0.1) is 6.61 Å². The first-order valence-corrected chi connectivity index (χ1v) is 29.1. The van der Waals surface area contributed by atoms with Gasteiger partial charge in [0.15, 0.2) is 6.10 Å². The Morgan fingerprint density at radius 1 is 0.338 bits per heavy atom. The second-order valence-electron chi connectivity index (χ2n) is 19.3. The maximum absolute atomic E-state index is 12.3. The van der Waals surface area contributed by atoms with E-state index in [-0.39, 0.29) is 25.2 Å². The highest BCUT2D eigenvalue weighted by molar-refractivity contribution is 5.70. The van der Waals surface area contributed by atoms with Crippen LogP contribution in [0.1, 0.15) is 284 Å². The third-order valence-corrected chi connectivity index (χ3v) is 12.7. The number of hydrogen-bond donors (Lipinski definition) is 1. The third-order valence-electron chi connectivity index (χ3n) is 12.7. The van der Waals surface area contributed by atoms with Gasteiger partial charge in [-0.15, -0.1) is 0 Å². The number of esters is 2. The van der Waals surface area contributed by atoms with Crippen LogP contribution in [-0.4, -0.2) is 36.4 Å². The van der Waals surface area contributed by atoms with E-state index in [4.69, 9.17) is 9.47 Å². The second-order valence-corrected chi connectivity index (χ2v) is 19.3. The fourth-order valence-corrected chi connectivity index (χ4v) is 8.39. The fraction of sp³-hybridized carbons (Fsp3) is 0.746. The number of aliphatic hydroxyl groups is 1. The molecule has 0 rings (SSSR count). The largest absolute Gasteiger partial charge is 0.462 e. The topological polar surface area (TPSA) is 72.8 Å². The average molecular weight is 948 g/mol. The van der Waals surface area contributed by atoms with Crippen molar-refractivity contribution in [2.75, 3.05) is 13.2 Å². The summed E-state index contributed by atoms with van der Waals surface area (Å²) in [7, 11) is 0. The van der Waals surface area contributed by atoms with Crippen LogP contribution < -0.4 is 0 Å². The second kappa shape index (κ2) is 58.4. The zero-order chi connectivity index (χ0) is 49.2. The molecule has 0 heterocycles. The lowest BCUT2D eigenvalue weighted by Gasteiger charge is -2.15. The summed E-state index contributed by atoms with van der Waals surface area (Å²) in [5.74, 6) is -0.594. The smallest absolute Gasteiger partial charge is 0.306 e. The van der Waals surface area contributed by atoms with E-state index in [1.54, 1.807) is 0 Å². The van der Waals surface area contributed by atoms with Crippen LogP contribution in [0.3, 0.4) is 0 Å². The summed E-state index contributed by atoms with van der Waals surface area (Å²) in [6, 6.07) is 0. The predicted molar refractivity (Wildman–Crippen MR) is 297 cm³/mol. The summed E-state index contributed by atoms with van der Waals surface area (Å²) < 4.78 is 10.7. The number of rotatable bonds is 53. The van der Waals surface area contributed by atoms with Crippen molar-refractivity contribution in [1.29, 1.82) is 0 Å². The Kier molecular flexibility index (Phi) is 55.9. The monoisotopic (exact) mass is 947 g/mol. The highest BCUT2D eigenvalue weighted by Crippen LogP contribution is 2.17. The van der Waals surface area contributed by atoms with E-state index in [2.05, 4.69) is 98.9 Å². The predicted octanol–water partition coefficient (Wildman–Crippen LogP) is 19.8. The summed E-state index contributed by atoms with van der Waals surface area (Å²) in [6.07, 6.45) is 81.5. The number of carbonyl (C=O) groups is 2. The molecule has 5 heteroatoms. The lowest BCUT2D eigenvalue weighted by Crippen LogP contribution is -2.28. The molecule has 0 spiro atoms. The van der Waals surface area contributed by atoms with Gasteiger partial charge in [-0.2, -0.15) is 0 Å². The Labute approximate surface area is 422 Å². The number of hydrogen-bond acceptors (Lipinski definition) is 5. The van der Waals surface area contributed by atoms with E-state index in [9.17, 15) is 14.7 Å². The Balaban J connectivity index is 3.42. The van der Waals surface area contributed by atoms with Gasteiger partial charge in [0.1, 0.15) is 6.61 Å². The van der Waals surface area contributed by atoms with Crippen LogP contribution in [0.4, 0.5) is 0 Å². The Hall–Kier alpha value is -2.92. The van der Waals surface area contributed by atoms with Crippen molar-refractivity contribution < 1.29 is 24.2 Å². The molecule has 0 bridgehead atoms. The van der Waals surface area contributed by atoms with Crippen molar-refractivity contribution in [3.8, 4) is 0 Å². The molecule has 0 fully saturated rings. The molecule has 0 radical (unpaired) electrons. The molecule has 0 aromatic rings. The van der Waals surface area contributed by atoms with Crippen LogP contribution in [0.2, 0.25) is 0 Å². The van der Waals surface area contributed by atoms with Crippen molar-refractivity contribution in [3.63, 3.8) is 0 Å². The highest BCUT2D eigenvalue weighted by atomic mass is 16.6. The summed E-state index contributed by atoms with van der Waals surface area (Å²) in [5, 5.41) is 9.64. The SMILES string of the molecule is CC/C=C\C/C=C\C/C=C\C/C=C\CCCCCCCCCCCCCCCCCCCCCCCCCCC(=O)OC(CO)COC(=O)CCCCCCCCC/C=C\C/C=C\C/C=C\CC. The van der Waals surface area contributed by atoms with Gasteiger partial charge in [-0.05, 0) is 83.5 Å². The Morgan fingerprint density at radius 2 is 0.588 bits per heavy atom. The molecule has 5 nitrogen and oxygen atoms in total. The van der Waals surface area contributed by atoms with Gasteiger partial charge in [0.2, 0.25) is 0 Å². The lowest BCUT2D eigenvalue weighted by molar-refractivity contribution is -0.161. The first kappa shape index (κ1) is 65.1. The van der Waals surface area contributed by atoms with Crippen LogP contribution in [0.5, 0.6) is 0 Å². The molecule has 0 aliphatic rings. The van der Waals surface area contributed by atoms with Gasteiger partial charge in [-0.3, -0.25) is 9.59 Å². The van der Waals surface area contributed by atoms with Crippen molar-refractivity contribution in [3.05, 3.63) is 85.1 Å². The van der Waals surface area contributed by atoms with Crippen LogP contribution >= 0.6 is 0 Å². The first-order chi connectivity index (χ1) is 33.6. The van der Waals surface area contributed by atoms with Gasteiger partial charge in [-0.1, -0.05) is 272 Å².